The Balaban J connectivity index is 2.56. The number of aliphatic hydroxyl groups excluding tert-OH is 1. The lowest BCUT2D eigenvalue weighted by atomic mass is 10.0. The van der Waals surface area contributed by atoms with Gasteiger partial charge in [-0.3, -0.25) is 0 Å². The van der Waals surface area contributed by atoms with E-state index >= 15 is 0 Å². The van der Waals surface area contributed by atoms with E-state index in [1.54, 1.807) is 12.3 Å². The fourth-order valence-electron chi connectivity index (χ4n) is 1.70. The highest BCUT2D eigenvalue weighted by atomic mass is 16.3. The zero-order chi connectivity index (χ0) is 12.7. The largest absolute Gasteiger partial charge is 0.396 e. The van der Waals surface area contributed by atoms with Gasteiger partial charge in [0.2, 0.25) is 0 Å². The number of pyridine rings is 1. The van der Waals surface area contributed by atoms with Crippen molar-refractivity contribution in [3.63, 3.8) is 0 Å². The van der Waals surface area contributed by atoms with Crippen LogP contribution in [-0.2, 0) is 6.54 Å². The molecule has 0 spiro atoms. The molecular weight excluding hydrogens is 214 g/mol. The molecule has 1 heterocycles. The number of nitrogens with zero attached hydrogens (tertiary/aromatic N) is 2. The van der Waals surface area contributed by atoms with Crippen LogP contribution in [0.25, 0.3) is 0 Å². The van der Waals surface area contributed by atoms with Gasteiger partial charge in [0.25, 0.3) is 0 Å². The van der Waals surface area contributed by atoms with Crippen LogP contribution in [0.4, 0.5) is 0 Å². The number of hydrogen-bond acceptors (Lipinski definition) is 4. The van der Waals surface area contributed by atoms with Crippen LogP contribution in [0.5, 0.6) is 0 Å². The summed E-state index contributed by atoms with van der Waals surface area (Å²) in [7, 11) is 0. The highest BCUT2D eigenvalue weighted by Gasteiger charge is 2.11. The van der Waals surface area contributed by atoms with Crippen molar-refractivity contribution in [3.05, 3.63) is 29.6 Å². The van der Waals surface area contributed by atoms with Gasteiger partial charge in [-0.15, -0.1) is 0 Å². The number of hydrogen-bond donors (Lipinski definition) is 2. The van der Waals surface area contributed by atoms with Gasteiger partial charge in [-0.1, -0.05) is 13.8 Å². The molecular formula is C13H19N3O. The van der Waals surface area contributed by atoms with E-state index in [0.29, 0.717) is 24.2 Å². The molecule has 0 aliphatic carbocycles. The highest BCUT2D eigenvalue weighted by Crippen LogP contribution is 2.08. The van der Waals surface area contributed by atoms with Gasteiger partial charge in [-0.2, -0.15) is 5.26 Å². The molecule has 1 aromatic rings. The first kappa shape index (κ1) is 13.6. The van der Waals surface area contributed by atoms with Crippen molar-refractivity contribution in [1.82, 2.24) is 10.3 Å². The van der Waals surface area contributed by atoms with E-state index in [2.05, 4.69) is 24.1 Å². The zero-order valence-corrected chi connectivity index (χ0v) is 10.3. The minimum absolute atomic E-state index is 0.190. The van der Waals surface area contributed by atoms with Crippen molar-refractivity contribution in [2.45, 2.75) is 32.9 Å². The quantitative estimate of drug-likeness (QED) is 0.780. The third kappa shape index (κ3) is 4.51. The number of nitrogens with one attached hydrogen (secondary N) is 1. The summed E-state index contributed by atoms with van der Waals surface area (Å²) in [6.45, 7) is 5.14. The van der Waals surface area contributed by atoms with Crippen LogP contribution in [0.3, 0.4) is 0 Å². The smallest absolute Gasteiger partial charge is 0.140 e. The molecule has 17 heavy (non-hydrogen) atoms. The monoisotopic (exact) mass is 233 g/mol. The lowest BCUT2D eigenvalue weighted by molar-refractivity contribution is 0.244. The van der Waals surface area contributed by atoms with Crippen molar-refractivity contribution in [1.29, 1.82) is 5.26 Å². The third-order valence-corrected chi connectivity index (χ3v) is 2.75. The number of aliphatic hydroxyl groups is 1. The standard InChI is InChI=1S/C13H19N3O/c1-10(2)13(4-6-17)16-9-11-3-5-15-12(7-11)8-14/h3,5,7,10,13,16-17H,4,6,9H2,1-2H3. The second kappa shape index (κ2) is 7.00. The number of aromatic nitrogens is 1. The SMILES string of the molecule is CC(C)C(CCO)NCc1ccnc(C#N)c1. The van der Waals surface area contributed by atoms with E-state index in [-0.39, 0.29) is 6.61 Å². The molecule has 1 aromatic heterocycles. The maximum atomic E-state index is 8.97. The maximum absolute atomic E-state index is 8.97. The Hall–Kier alpha value is -1.44. The van der Waals surface area contributed by atoms with Crippen LogP contribution in [0.15, 0.2) is 18.3 Å². The molecule has 0 saturated carbocycles. The normalized spacial score (nSPS) is 12.4. The summed E-state index contributed by atoms with van der Waals surface area (Å²) in [6, 6.07) is 5.99. The van der Waals surface area contributed by atoms with E-state index in [1.807, 2.05) is 12.1 Å². The number of rotatable bonds is 6. The first-order valence-corrected chi connectivity index (χ1v) is 5.86. The molecule has 0 amide bonds. The Morgan fingerprint density at radius 2 is 2.29 bits per heavy atom. The number of nitriles is 1. The predicted octanol–water partition coefficient (Wildman–Crippen LogP) is 1.45. The Labute approximate surface area is 102 Å². The molecule has 0 bridgehead atoms. The average molecular weight is 233 g/mol. The van der Waals surface area contributed by atoms with Gasteiger partial charge in [-0.25, -0.2) is 4.98 Å². The Morgan fingerprint density at radius 3 is 2.88 bits per heavy atom. The molecule has 1 unspecified atom stereocenters. The topological polar surface area (TPSA) is 68.9 Å². The van der Waals surface area contributed by atoms with E-state index in [4.69, 9.17) is 10.4 Å². The summed E-state index contributed by atoms with van der Waals surface area (Å²) < 4.78 is 0. The van der Waals surface area contributed by atoms with Crippen LogP contribution >= 0.6 is 0 Å². The fourth-order valence-corrected chi connectivity index (χ4v) is 1.70. The van der Waals surface area contributed by atoms with Crippen LogP contribution < -0.4 is 5.32 Å². The zero-order valence-electron chi connectivity index (χ0n) is 10.3. The second-order valence-corrected chi connectivity index (χ2v) is 4.40. The van der Waals surface area contributed by atoms with Crippen molar-refractivity contribution in [2.75, 3.05) is 6.61 Å². The molecule has 0 aliphatic heterocycles. The highest BCUT2D eigenvalue weighted by molar-refractivity contribution is 5.25. The molecule has 0 radical (unpaired) electrons. The molecule has 1 rings (SSSR count). The van der Waals surface area contributed by atoms with Crippen LogP contribution in [0.2, 0.25) is 0 Å². The van der Waals surface area contributed by atoms with Gasteiger partial charge in [0.05, 0.1) is 0 Å². The molecule has 1 atom stereocenters. The molecule has 0 fully saturated rings. The van der Waals surface area contributed by atoms with Crippen molar-refractivity contribution in [2.24, 2.45) is 5.92 Å². The fraction of sp³-hybridized carbons (Fsp3) is 0.538. The third-order valence-electron chi connectivity index (χ3n) is 2.75. The second-order valence-electron chi connectivity index (χ2n) is 4.40. The van der Waals surface area contributed by atoms with Gasteiger partial charge >= 0.3 is 0 Å². The van der Waals surface area contributed by atoms with Gasteiger partial charge < -0.3 is 10.4 Å². The van der Waals surface area contributed by atoms with E-state index < -0.39 is 0 Å². The van der Waals surface area contributed by atoms with Gasteiger partial charge in [-0.05, 0) is 30.0 Å². The lowest BCUT2D eigenvalue weighted by Crippen LogP contribution is -2.34. The average Bonchev–Trinajstić information content (AvgIpc) is 2.34. The first-order valence-electron chi connectivity index (χ1n) is 5.86. The van der Waals surface area contributed by atoms with E-state index in [0.717, 1.165) is 12.0 Å². The summed E-state index contributed by atoms with van der Waals surface area (Å²) >= 11 is 0. The van der Waals surface area contributed by atoms with E-state index in [1.165, 1.54) is 0 Å². The van der Waals surface area contributed by atoms with Gasteiger partial charge in [0, 0.05) is 25.4 Å². The van der Waals surface area contributed by atoms with Crippen molar-refractivity contribution >= 4 is 0 Å². The molecule has 4 heteroatoms. The minimum atomic E-state index is 0.190. The molecule has 92 valence electrons. The summed E-state index contributed by atoms with van der Waals surface area (Å²) in [5.41, 5.74) is 1.48. The molecule has 4 nitrogen and oxygen atoms in total. The first-order chi connectivity index (χ1) is 8.17. The maximum Gasteiger partial charge on any atom is 0.140 e. The minimum Gasteiger partial charge on any atom is -0.396 e. The van der Waals surface area contributed by atoms with Crippen molar-refractivity contribution in [3.8, 4) is 6.07 Å². The molecule has 0 saturated heterocycles. The summed E-state index contributed by atoms with van der Waals surface area (Å²) in [4.78, 5) is 3.93. The molecule has 2 N–H and O–H groups in total. The van der Waals surface area contributed by atoms with Crippen LogP contribution in [0, 0.1) is 17.2 Å². The molecule has 0 aliphatic rings. The summed E-state index contributed by atoms with van der Waals surface area (Å²) in [5, 5.41) is 21.1. The molecule has 0 aromatic carbocycles. The Morgan fingerprint density at radius 1 is 1.53 bits per heavy atom. The van der Waals surface area contributed by atoms with E-state index in [9.17, 15) is 0 Å². The van der Waals surface area contributed by atoms with Gasteiger partial charge in [0.1, 0.15) is 11.8 Å². The summed E-state index contributed by atoms with van der Waals surface area (Å²) in [6.07, 6.45) is 2.39. The van der Waals surface area contributed by atoms with Crippen molar-refractivity contribution < 1.29 is 5.11 Å². The Bertz CT molecular complexity index is 384. The van der Waals surface area contributed by atoms with Crippen LogP contribution in [0.1, 0.15) is 31.5 Å². The summed E-state index contributed by atoms with van der Waals surface area (Å²) in [5.74, 6) is 0.472. The van der Waals surface area contributed by atoms with Crippen LogP contribution in [-0.4, -0.2) is 22.7 Å². The predicted molar refractivity (Wildman–Crippen MR) is 66.1 cm³/mol. The Kier molecular flexibility index (Phi) is 5.61. The van der Waals surface area contributed by atoms with Gasteiger partial charge in [0.15, 0.2) is 0 Å². The lowest BCUT2D eigenvalue weighted by Gasteiger charge is -2.21.